The molecular weight excluding hydrogens is 287 g/mol. The number of carbonyl (C=O) groups is 1. The summed E-state index contributed by atoms with van der Waals surface area (Å²) >= 11 is 1.73. The fourth-order valence-electron chi connectivity index (χ4n) is 1.31. The molecule has 1 amide bonds. The van der Waals surface area contributed by atoms with Crippen LogP contribution in [0.1, 0.15) is 27.2 Å². The third-order valence-corrected chi connectivity index (χ3v) is 4.99. The van der Waals surface area contributed by atoms with E-state index in [1.807, 2.05) is 0 Å². The molecular formula is C11H25N2O4PS. The van der Waals surface area contributed by atoms with Gasteiger partial charge in [0, 0.05) is 0 Å². The topological polar surface area (TPSA) is 90.7 Å². The minimum atomic E-state index is -3.24. The maximum atomic E-state index is 12.1. The first-order valence-electron chi connectivity index (χ1n) is 6.48. The smallest absolute Gasteiger partial charge is 0.343 e. The molecule has 0 aromatic carbocycles. The van der Waals surface area contributed by atoms with Gasteiger partial charge in [-0.3, -0.25) is 9.36 Å². The number of rotatable bonds is 11. The summed E-state index contributed by atoms with van der Waals surface area (Å²) in [5.41, 5.74) is 5.74. The van der Waals surface area contributed by atoms with Gasteiger partial charge in [-0.25, -0.2) is 0 Å². The van der Waals surface area contributed by atoms with E-state index in [1.165, 1.54) is 0 Å². The lowest BCUT2D eigenvalue weighted by Crippen LogP contribution is -2.41. The van der Waals surface area contributed by atoms with Crippen molar-refractivity contribution in [3.8, 4) is 0 Å². The van der Waals surface area contributed by atoms with Crippen molar-refractivity contribution in [3.05, 3.63) is 0 Å². The lowest BCUT2D eigenvalue weighted by Gasteiger charge is -2.18. The minimum absolute atomic E-state index is 0.137. The summed E-state index contributed by atoms with van der Waals surface area (Å²) in [6.07, 6.45) is 0.458. The van der Waals surface area contributed by atoms with Gasteiger partial charge in [0.15, 0.2) is 0 Å². The predicted molar refractivity (Wildman–Crippen MR) is 79.5 cm³/mol. The van der Waals surface area contributed by atoms with Gasteiger partial charge < -0.3 is 20.1 Å². The first-order valence-corrected chi connectivity index (χ1v) is 9.36. The molecule has 0 heterocycles. The van der Waals surface area contributed by atoms with Crippen molar-refractivity contribution in [1.29, 1.82) is 0 Å². The molecule has 0 saturated carbocycles. The van der Waals surface area contributed by atoms with Crippen molar-refractivity contribution in [2.75, 3.05) is 31.0 Å². The number of hydrogen-bond donors (Lipinski definition) is 2. The fraction of sp³-hybridized carbons (Fsp3) is 0.909. The van der Waals surface area contributed by atoms with Crippen molar-refractivity contribution in [2.24, 2.45) is 5.73 Å². The van der Waals surface area contributed by atoms with Gasteiger partial charge in [-0.1, -0.05) is 6.92 Å². The molecule has 0 fully saturated rings. The lowest BCUT2D eigenvalue weighted by atomic mass is 10.2. The molecule has 0 radical (unpaired) electrons. The Morgan fingerprint density at radius 3 is 2.37 bits per heavy atom. The van der Waals surface area contributed by atoms with Gasteiger partial charge in [-0.15, -0.1) is 0 Å². The zero-order chi connectivity index (χ0) is 14.7. The second-order valence-electron chi connectivity index (χ2n) is 3.74. The third kappa shape index (κ3) is 8.65. The van der Waals surface area contributed by atoms with Crippen LogP contribution in [-0.4, -0.2) is 43.0 Å². The Labute approximate surface area is 119 Å². The number of nitrogens with one attached hydrogen (secondary N) is 1. The molecule has 8 heteroatoms. The van der Waals surface area contributed by atoms with Gasteiger partial charge in [0.2, 0.25) is 5.91 Å². The quantitative estimate of drug-likeness (QED) is 0.446. The molecule has 0 aliphatic heterocycles. The van der Waals surface area contributed by atoms with Crippen molar-refractivity contribution in [1.82, 2.24) is 5.32 Å². The van der Waals surface area contributed by atoms with Crippen molar-refractivity contribution < 1.29 is 18.4 Å². The Balaban J connectivity index is 4.13. The van der Waals surface area contributed by atoms with E-state index in [4.69, 9.17) is 14.8 Å². The van der Waals surface area contributed by atoms with Crippen molar-refractivity contribution in [3.63, 3.8) is 0 Å². The molecule has 0 aromatic heterocycles. The normalized spacial score (nSPS) is 13.3. The van der Waals surface area contributed by atoms with E-state index in [-0.39, 0.29) is 25.4 Å². The number of hydrogen-bond acceptors (Lipinski definition) is 6. The maximum absolute atomic E-state index is 12.1. The van der Waals surface area contributed by atoms with E-state index in [0.29, 0.717) is 6.42 Å². The van der Waals surface area contributed by atoms with Crippen LogP contribution in [0, 0.1) is 0 Å². The second kappa shape index (κ2) is 10.7. The largest absolute Gasteiger partial charge is 0.349 e. The number of thioether (sulfide) groups is 1. The number of carbonyl (C=O) groups excluding carboxylic acids is 1. The number of amides is 1. The third-order valence-electron chi connectivity index (χ3n) is 2.21. The molecule has 0 saturated heterocycles. The maximum Gasteiger partial charge on any atom is 0.349 e. The second-order valence-corrected chi connectivity index (χ2v) is 7.19. The molecule has 3 N–H and O–H groups in total. The summed E-state index contributed by atoms with van der Waals surface area (Å²) in [7, 11) is -3.24. The monoisotopic (exact) mass is 312 g/mol. The van der Waals surface area contributed by atoms with Crippen LogP contribution in [0.15, 0.2) is 0 Å². The molecule has 0 spiro atoms. The van der Waals surface area contributed by atoms with E-state index in [2.05, 4.69) is 12.2 Å². The lowest BCUT2D eigenvalue weighted by molar-refractivity contribution is -0.122. The summed E-state index contributed by atoms with van der Waals surface area (Å²) in [5, 5.41) is 2.53. The molecule has 1 atom stereocenters. The molecule has 19 heavy (non-hydrogen) atoms. The molecule has 114 valence electrons. The molecule has 6 nitrogen and oxygen atoms in total. The van der Waals surface area contributed by atoms with Crippen molar-refractivity contribution in [2.45, 2.75) is 33.2 Å². The summed E-state index contributed by atoms with van der Waals surface area (Å²) in [4.78, 5) is 11.7. The van der Waals surface area contributed by atoms with Crippen LogP contribution < -0.4 is 11.1 Å². The van der Waals surface area contributed by atoms with Crippen LogP contribution in [0.3, 0.4) is 0 Å². The van der Waals surface area contributed by atoms with Gasteiger partial charge in [-0.05, 0) is 31.8 Å². The Bertz CT molecular complexity index is 294. The SMILES string of the molecule is CCOP(=O)(CNC(=O)[C@@H](N)CCSCC)OCC. The molecule has 0 aromatic rings. The molecule has 0 aliphatic rings. The highest BCUT2D eigenvalue weighted by atomic mass is 32.2. The molecule has 0 bridgehead atoms. The summed E-state index contributed by atoms with van der Waals surface area (Å²) in [6, 6.07) is -0.587. The molecule has 0 aliphatic carbocycles. The number of nitrogens with two attached hydrogens (primary N) is 1. The van der Waals surface area contributed by atoms with Crippen LogP contribution in [0.5, 0.6) is 0 Å². The Kier molecular flexibility index (Phi) is 10.6. The van der Waals surface area contributed by atoms with Crippen molar-refractivity contribution >= 4 is 25.3 Å². The zero-order valence-corrected chi connectivity index (χ0v) is 13.6. The van der Waals surface area contributed by atoms with Gasteiger partial charge in [0.05, 0.1) is 19.3 Å². The van der Waals surface area contributed by atoms with E-state index in [0.717, 1.165) is 11.5 Å². The van der Waals surface area contributed by atoms with Crippen LogP contribution in [-0.2, 0) is 18.4 Å². The summed E-state index contributed by atoms with van der Waals surface area (Å²) in [6.45, 7) is 6.04. The molecule has 0 unspecified atom stereocenters. The Morgan fingerprint density at radius 2 is 1.89 bits per heavy atom. The predicted octanol–water partition coefficient (Wildman–Crippen LogP) is 1.80. The molecule has 0 rings (SSSR count). The van der Waals surface area contributed by atoms with Crippen LogP contribution in [0.25, 0.3) is 0 Å². The highest BCUT2D eigenvalue weighted by molar-refractivity contribution is 7.99. The van der Waals surface area contributed by atoms with E-state index in [1.54, 1.807) is 25.6 Å². The Hall–Kier alpha value is -0.0700. The Morgan fingerprint density at radius 1 is 1.32 bits per heavy atom. The average Bonchev–Trinajstić information content (AvgIpc) is 2.37. The zero-order valence-electron chi connectivity index (χ0n) is 11.9. The summed E-state index contributed by atoms with van der Waals surface area (Å²) < 4.78 is 22.2. The van der Waals surface area contributed by atoms with Gasteiger partial charge >= 0.3 is 7.60 Å². The van der Waals surface area contributed by atoms with Gasteiger partial charge in [-0.2, -0.15) is 11.8 Å². The van der Waals surface area contributed by atoms with Crippen LogP contribution in [0.2, 0.25) is 0 Å². The van der Waals surface area contributed by atoms with E-state index in [9.17, 15) is 9.36 Å². The highest BCUT2D eigenvalue weighted by Gasteiger charge is 2.25. The standard InChI is InChI=1S/C11H25N2O4PS/c1-4-16-18(15,17-5-2)9-13-11(14)10(12)7-8-19-6-3/h10H,4-9,12H2,1-3H3,(H,13,14)/t10-/m0/s1. The van der Waals surface area contributed by atoms with E-state index < -0.39 is 13.6 Å². The van der Waals surface area contributed by atoms with Crippen LogP contribution >= 0.6 is 19.4 Å². The summed E-state index contributed by atoms with van der Waals surface area (Å²) in [5.74, 6) is 1.51. The minimum Gasteiger partial charge on any atom is -0.343 e. The van der Waals surface area contributed by atoms with Crippen LogP contribution in [0.4, 0.5) is 0 Å². The van der Waals surface area contributed by atoms with Gasteiger partial charge in [0.25, 0.3) is 0 Å². The first kappa shape index (κ1) is 18.9. The fourth-order valence-corrected chi connectivity index (χ4v) is 3.42. The average molecular weight is 312 g/mol. The van der Waals surface area contributed by atoms with E-state index >= 15 is 0 Å². The highest BCUT2D eigenvalue weighted by Crippen LogP contribution is 2.46. The van der Waals surface area contributed by atoms with Gasteiger partial charge in [0.1, 0.15) is 6.29 Å². The first-order chi connectivity index (χ1) is 8.99.